The van der Waals surface area contributed by atoms with Crippen LogP contribution in [0.25, 0.3) is 11.4 Å². The third kappa shape index (κ3) is 3.00. The molecule has 0 unspecified atom stereocenters. The Kier molecular flexibility index (Phi) is 3.97. The van der Waals surface area contributed by atoms with Gasteiger partial charge in [0.2, 0.25) is 0 Å². The van der Waals surface area contributed by atoms with Crippen molar-refractivity contribution >= 4 is 23.4 Å². The van der Waals surface area contributed by atoms with Crippen LogP contribution < -0.4 is 5.32 Å². The number of carbonyl (C=O) groups is 1. The maximum atomic E-state index is 11.1. The Morgan fingerprint density at radius 1 is 1.37 bits per heavy atom. The molecule has 6 heteroatoms. The average molecular weight is 278 g/mol. The van der Waals surface area contributed by atoms with Gasteiger partial charge in [0.1, 0.15) is 11.4 Å². The number of halogens is 1. The first-order chi connectivity index (χ1) is 9.11. The lowest BCUT2D eigenvalue weighted by Crippen LogP contribution is -2.09. The second-order valence-corrected chi connectivity index (χ2v) is 4.23. The van der Waals surface area contributed by atoms with Crippen LogP contribution in [0.3, 0.4) is 0 Å². The van der Waals surface area contributed by atoms with E-state index in [-0.39, 0.29) is 5.56 Å². The summed E-state index contributed by atoms with van der Waals surface area (Å²) in [5, 5.41) is 12.6. The van der Waals surface area contributed by atoms with Crippen molar-refractivity contribution in [1.82, 2.24) is 9.97 Å². The second-order valence-electron chi connectivity index (χ2n) is 3.80. The van der Waals surface area contributed by atoms with Crippen molar-refractivity contribution in [3.8, 4) is 11.4 Å². The van der Waals surface area contributed by atoms with Gasteiger partial charge in [-0.1, -0.05) is 11.6 Å². The van der Waals surface area contributed by atoms with E-state index in [1.807, 2.05) is 6.92 Å². The molecule has 98 valence electrons. The van der Waals surface area contributed by atoms with E-state index in [2.05, 4.69) is 15.3 Å². The Morgan fingerprint density at radius 2 is 2.05 bits per heavy atom. The van der Waals surface area contributed by atoms with Crippen LogP contribution in [0.1, 0.15) is 17.3 Å². The molecule has 2 N–H and O–H groups in total. The van der Waals surface area contributed by atoms with Gasteiger partial charge in [-0.05, 0) is 31.2 Å². The summed E-state index contributed by atoms with van der Waals surface area (Å²) >= 11 is 5.82. The van der Waals surface area contributed by atoms with E-state index in [0.717, 1.165) is 5.56 Å². The monoisotopic (exact) mass is 277 g/mol. The fraction of sp³-hybridized carbons (Fsp3) is 0.154. The molecule has 0 spiro atoms. The molecule has 2 aromatic rings. The summed E-state index contributed by atoms with van der Waals surface area (Å²) in [6.45, 7) is 2.45. The van der Waals surface area contributed by atoms with Gasteiger partial charge in [-0.3, -0.25) is 0 Å². The van der Waals surface area contributed by atoms with Gasteiger partial charge in [-0.15, -0.1) is 0 Å². The number of nitrogens with one attached hydrogen (secondary N) is 1. The summed E-state index contributed by atoms with van der Waals surface area (Å²) in [4.78, 5) is 19.4. The molecule has 5 nitrogen and oxygen atoms in total. The lowest BCUT2D eigenvalue weighted by atomic mass is 10.2. The van der Waals surface area contributed by atoms with Gasteiger partial charge in [-0.2, -0.15) is 0 Å². The molecule has 0 bridgehead atoms. The van der Waals surface area contributed by atoms with E-state index >= 15 is 0 Å². The lowest BCUT2D eigenvalue weighted by Gasteiger charge is -2.08. The molecule has 0 fully saturated rings. The number of rotatable bonds is 4. The number of carboxylic acids is 1. The molecule has 1 aromatic heterocycles. The second kappa shape index (κ2) is 5.67. The highest BCUT2D eigenvalue weighted by atomic mass is 35.5. The van der Waals surface area contributed by atoms with Crippen molar-refractivity contribution < 1.29 is 9.90 Å². The van der Waals surface area contributed by atoms with Gasteiger partial charge in [0.25, 0.3) is 0 Å². The summed E-state index contributed by atoms with van der Waals surface area (Å²) < 4.78 is 0. The Labute approximate surface area is 115 Å². The highest BCUT2D eigenvalue weighted by Crippen LogP contribution is 2.21. The van der Waals surface area contributed by atoms with E-state index in [0.29, 0.717) is 23.2 Å². The van der Waals surface area contributed by atoms with Crippen molar-refractivity contribution in [3.05, 3.63) is 41.0 Å². The number of aromatic nitrogens is 2. The molecule has 1 heterocycles. The van der Waals surface area contributed by atoms with Crippen molar-refractivity contribution in [1.29, 1.82) is 0 Å². The number of nitrogens with zero attached hydrogens (tertiary/aromatic N) is 2. The number of benzene rings is 1. The average Bonchev–Trinajstić information content (AvgIpc) is 2.39. The summed E-state index contributed by atoms with van der Waals surface area (Å²) in [5.74, 6) is -0.286. The SMILES string of the molecule is CCNc1nc(-c2ccc(Cl)cc2)ncc1C(=O)O. The van der Waals surface area contributed by atoms with Crippen LogP contribution in [-0.4, -0.2) is 27.6 Å². The smallest absolute Gasteiger partial charge is 0.341 e. The predicted molar refractivity (Wildman–Crippen MR) is 73.6 cm³/mol. The molecule has 19 heavy (non-hydrogen) atoms. The van der Waals surface area contributed by atoms with E-state index in [1.165, 1.54) is 6.20 Å². The molecule has 0 radical (unpaired) electrons. The number of carboxylic acid groups (broad SMARTS) is 1. The minimum Gasteiger partial charge on any atom is -0.477 e. The molecule has 1 aromatic carbocycles. The third-order valence-corrected chi connectivity index (χ3v) is 2.72. The Balaban J connectivity index is 2.45. The first kappa shape index (κ1) is 13.3. The van der Waals surface area contributed by atoms with E-state index in [1.54, 1.807) is 24.3 Å². The molecule has 0 aliphatic carbocycles. The third-order valence-electron chi connectivity index (χ3n) is 2.47. The van der Waals surface area contributed by atoms with Crippen molar-refractivity contribution in [2.45, 2.75) is 6.92 Å². The molecule has 0 saturated carbocycles. The Morgan fingerprint density at radius 3 is 2.63 bits per heavy atom. The number of hydrogen-bond acceptors (Lipinski definition) is 4. The molecule has 2 rings (SSSR count). The van der Waals surface area contributed by atoms with Crippen LogP contribution >= 0.6 is 11.6 Å². The normalized spacial score (nSPS) is 10.2. The highest BCUT2D eigenvalue weighted by molar-refractivity contribution is 6.30. The Hall–Kier alpha value is -2.14. The van der Waals surface area contributed by atoms with Gasteiger partial charge in [0.15, 0.2) is 5.82 Å². The number of aromatic carboxylic acids is 1. The van der Waals surface area contributed by atoms with Crippen molar-refractivity contribution in [2.75, 3.05) is 11.9 Å². The quantitative estimate of drug-likeness (QED) is 0.899. The zero-order valence-corrected chi connectivity index (χ0v) is 11.0. The molecule has 0 atom stereocenters. The first-order valence-electron chi connectivity index (χ1n) is 5.72. The van der Waals surface area contributed by atoms with Gasteiger partial charge in [0, 0.05) is 23.3 Å². The molecular formula is C13H12ClN3O2. The highest BCUT2D eigenvalue weighted by Gasteiger charge is 2.13. The van der Waals surface area contributed by atoms with Gasteiger partial charge >= 0.3 is 5.97 Å². The van der Waals surface area contributed by atoms with Crippen molar-refractivity contribution in [3.63, 3.8) is 0 Å². The molecule has 0 aliphatic heterocycles. The summed E-state index contributed by atoms with van der Waals surface area (Å²) in [6.07, 6.45) is 1.30. The van der Waals surface area contributed by atoms with Crippen LogP contribution in [0.2, 0.25) is 5.02 Å². The first-order valence-corrected chi connectivity index (χ1v) is 6.09. The van der Waals surface area contributed by atoms with Gasteiger partial charge in [-0.25, -0.2) is 14.8 Å². The predicted octanol–water partition coefficient (Wildman–Crippen LogP) is 2.93. The number of anilines is 1. The van der Waals surface area contributed by atoms with Crippen LogP contribution in [0, 0.1) is 0 Å². The zero-order chi connectivity index (χ0) is 13.8. The molecule has 0 amide bonds. The number of hydrogen-bond donors (Lipinski definition) is 2. The minimum atomic E-state index is -1.06. The van der Waals surface area contributed by atoms with Crippen LogP contribution in [0.15, 0.2) is 30.5 Å². The van der Waals surface area contributed by atoms with Crippen LogP contribution in [0.5, 0.6) is 0 Å². The van der Waals surface area contributed by atoms with E-state index in [9.17, 15) is 4.79 Å². The van der Waals surface area contributed by atoms with E-state index in [4.69, 9.17) is 16.7 Å². The minimum absolute atomic E-state index is 0.0552. The molecular weight excluding hydrogens is 266 g/mol. The maximum Gasteiger partial charge on any atom is 0.341 e. The summed E-state index contributed by atoms with van der Waals surface area (Å²) in [5.41, 5.74) is 0.833. The molecule has 0 saturated heterocycles. The van der Waals surface area contributed by atoms with Gasteiger partial charge in [0.05, 0.1) is 0 Å². The largest absolute Gasteiger partial charge is 0.477 e. The standard InChI is InChI=1S/C13H12ClN3O2/c1-2-15-12-10(13(18)19)7-16-11(17-12)8-3-5-9(14)6-4-8/h3-7H,2H2,1H3,(H,18,19)(H,15,16,17). The fourth-order valence-electron chi connectivity index (χ4n) is 1.58. The summed E-state index contributed by atoms with van der Waals surface area (Å²) in [6, 6.07) is 7.04. The Bertz CT molecular complexity index is 599. The van der Waals surface area contributed by atoms with Crippen molar-refractivity contribution in [2.24, 2.45) is 0 Å². The van der Waals surface area contributed by atoms with Gasteiger partial charge < -0.3 is 10.4 Å². The fourth-order valence-corrected chi connectivity index (χ4v) is 1.70. The van der Waals surface area contributed by atoms with Crippen LogP contribution in [-0.2, 0) is 0 Å². The van der Waals surface area contributed by atoms with Crippen LogP contribution in [0.4, 0.5) is 5.82 Å². The zero-order valence-electron chi connectivity index (χ0n) is 10.2. The lowest BCUT2D eigenvalue weighted by molar-refractivity contribution is 0.0697. The maximum absolute atomic E-state index is 11.1. The van der Waals surface area contributed by atoms with E-state index < -0.39 is 5.97 Å². The summed E-state index contributed by atoms with van der Waals surface area (Å²) in [7, 11) is 0. The molecule has 0 aliphatic rings. The topological polar surface area (TPSA) is 75.1 Å².